The average molecular weight is 410 g/mol. The van der Waals surface area contributed by atoms with E-state index in [1.807, 2.05) is 24.3 Å². The minimum absolute atomic E-state index is 0.113. The van der Waals surface area contributed by atoms with E-state index in [4.69, 9.17) is 0 Å². The van der Waals surface area contributed by atoms with E-state index in [1.165, 1.54) is 12.1 Å². The number of nitrogens with zero attached hydrogens (tertiary/aromatic N) is 1. The third-order valence-electron chi connectivity index (χ3n) is 4.99. The molecular formula is C24H25FNO4-. The van der Waals surface area contributed by atoms with E-state index >= 15 is 0 Å². The standard InChI is InChI=1S/C24H26FNO4/c1-15(2)26-21-6-4-3-5-20(21)24(16-7-9-17(25)10-8-16)22(26)12-11-18(27)13-19(28)14-23(29)30/h3-12,15,18-19,27-28H,13-14H2,1-2H3,(H,29,30)/p-1/t18-,19-/m0/s1. The number of aliphatic hydroxyl groups excluding tert-OH is 2. The molecule has 158 valence electrons. The minimum atomic E-state index is -1.36. The number of carbonyl (C=O) groups is 1. The smallest absolute Gasteiger partial charge is 0.123 e. The molecule has 2 atom stereocenters. The highest BCUT2D eigenvalue weighted by atomic mass is 19.1. The molecule has 1 aromatic heterocycles. The average Bonchev–Trinajstić information content (AvgIpc) is 3.00. The molecule has 6 heteroatoms. The van der Waals surface area contributed by atoms with Crippen molar-refractivity contribution in [1.82, 2.24) is 4.57 Å². The van der Waals surface area contributed by atoms with Gasteiger partial charge in [-0.3, -0.25) is 0 Å². The molecule has 3 aromatic rings. The number of hydrogen-bond acceptors (Lipinski definition) is 4. The molecular weight excluding hydrogens is 385 g/mol. The van der Waals surface area contributed by atoms with E-state index in [0.29, 0.717) is 0 Å². The highest BCUT2D eigenvalue weighted by molar-refractivity contribution is 6.01. The SMILES string of the molecule is CC(C)n1c(C=C[C@H](O)C[C@H](O)CC(=O)[O-])c(-c2ccc(F)cc2)c2ccccc21. The summed E-state index contributed by atoms with van der Waals surface area (Å²) in [6.45, 7) is 4.11. The maximum Gasteiger partial charge on any atom is 0.123 e. The van der Waals surface area contributed by atoms with Crippen LogP contribution in [0.3, 0.4) is 0 Å². The van der Waals surface area contributed by atoms with Crippen molar-refractivity contribution in [3.63, 3.8) is 0 Å². The van der Waals surface area contributed by atoms with Crippen LogP contribution in [-0.4, -0.2) is 33.0 Å². The van der Waals surface area contributed by atoms with E-state index in [-0.39, 0.29) is 18.3 Å². The van der Waals surface area contributed by atoms with Gasteiger partial charge in [-0.25, -0.2) is 4.39 Å². The van der Waals surface area contributed by atoms with Gasteiger partial charge in [-0.15, -0.1) is 0 Å². The van der Waals surface area contributed by atoms with E-state index in [0.717, 1.165) is 27.7 Å². The summed E-state index contributed by atoms with van der Waals surface area (Å²) in [7, 11) is 0. The van der Waals surface area contributed by atoms with Crippen LogP contribution in [0, 0.1) is 5.82 Å². The third-order valence-corrected chi connectivity index (χ3v) is 4.99. The number of halogens is 1. The van der Waals surface area contributed by atoms with Gasteiger partial charge in [0.25, 0.3) is 0 Å². The summed E-state index contributed by atoms with van der Waals surface area (Å²) in [5.41, 5.74) is 3.61. The topological polar surface area (TPSA) is 85.5 Å². The summed E-state index contributed by atoms with van der Waals surface area (Å²) in [4.78, 5) is 10.6. The Morgan fingerprint density at radius 1 is 1.13 bits per heavy atom. The number of aliphatic hydroxyl groups is 2. The number of benzene rings is 2. The number of aromatic nitrogens is 1. The van der Waals surface area contributed by atoms with Gasteiger partial charge in [-0.1, -0.05) is 36.4 Å². The first-order valence-electron chi connectivity index (χ1n) is 9.91. The molecule has 0 amide bonds. The van der Waals surface area contributed by atoms with Crippen LogP contribution in [0.25, 0.3) is 28.1 Å². The highest BCUT2D eigenvalue weighted by Gasteiger charge is 2.19. The van der Waals surface area contributed by atoms with Crippen molar-refractivity contribution in [2.45, 2.75) is 44.9 Å². The van der Waals surface area contributed by atoms with E-state index in [1.54, 1.807) is 24.3 Å². The van der Waals surface area contributed by atoms with Crippen molar-refractivity contribution in [2.24, 2.45) is 0 Å². The maximum atomic E-state index is 13.5. The van der Waals surface area contributed by atoms with Crippen molar-refractivity contribution in [3.8, 4) is 11.1 Å². The van der Waals surface area contributed by atoms with Crippen molar-refractivity contribution < 1.29 is 24.5 Å². The van der Waals surface area contributed by atoms with Gasteiger partial charge in [-0.2, -0.15) is 0 Å². The summed E-state index contributed by atoms with van der Waals surface area (Å²) in [6, 6.07) is 14.3. The zero-order valence-electron chi connectivity index (χ0n) is 17.0. The van der Waals surface area contributed by atoms with Crippen LogP contribution >= 0.6 is 0 Å². The Hall–Kier alpha value is -2.96. The van der Waals surface area contributed by atoms with Gasteiger partial charge in [0.1, 0.15) is 5.82 Å². The number of carbonyl (C=O) groups excluding carboxylic acids is 1. The summed E-state index contributed by atoms with van der Waals surface area (Å²) in [5, 5.41) is 31.6. The molecule has 1 heterocycles. The number of rotatable bonds is 8. The van der Waals surface area contributed by atoms with Crippen molar-refractivity contribution in [1.29, 1.82) is 0 Å². The van der Waals surface area contributed by atoms with Gasteiger partial charge in [0.05, 0.1) is 12.2 Å². The first-order chi connectivity index (χ1) is 14.3. The first kappa shape index (κ1) is 21.7. The monoisotopic (exact) mass is 410 g/mol. The lowest BCUT2D eigenvalue weighted by atomic mass is 10.0. The fourth-order valence-electron chi connectivity index (χ4n) is 3.76. The Morgan fingerprint density at radius 3 is 2.43 bits per heavy atom. The number of carboxylic acids is 1. The molecule has 3 rings (SSSR count). The number of hydrogen-bond donors (Lipinski definition) is 2. The van der Waals surface area contributed by atoms with Gasteiger partial charge in [-0.05, 0) is 43.7 Å². The number of aliphatic carboxylic acids is 1. The molecule has 0 radical (unpaired) electrons. The minimum Gasteiger partial charge on any atom is -0.550 e. The van der Waals surface area contributed by atoms with E-state index in [2.05, 4.69) is 18.4 Å². The number of fused-ring (bicyclic) bond motifs is 1. The molecule has 0 aliphatic rings. The van der Waals surface area contributed by atoms with Crippen LogP contribution < -0.4 is 5.11 Å². The normalized spacial score (nSPS) is 13.9. The van der Waals surface area contributed by atoms with Crippen LogP contribution in [0.1, 0.15) is 38.4 Å². The van der Waals surface area contributed by atoms with Crippen LogP contribution in [0.4, 0.5) is 4.39 Å². The van der Waals surface area contributed by atoms with Crippen molar-refractivity contribution in [2.75, 3.05) is 0 Å². The van der Waals surface area contributed by atoms with Gasteiger partial charge >= 0.3 is 0 Å². The fourth-order valence-corrected chi connectivity index (χ4v) is 3.76. The summed E-state index contributed by atoms with van der Waals surface area (Å²) < 4.78 is 15.6. The second-order valence-corrected chi connectivity index (χ2v) is 7.64. The molecule has 0 saturated heterocycles. The fraction of sp³-hybridized carbons (Fsp3) is 0.292. The Balaban J connectivity index is 2.08. The number of carboxylic acid groups (broad SMARTS) is 1. The first-order valence-corrected chi connectivity index (χ1v) is 9.91. The third kappa shape index (κ3) is 4.78. The van der Waals surface area contributed by atoms with Crippen molar-refractivity contribution >= 4 is 22.9 Å². The molecule has 2 aromatic carbocycles. The Bertz CT molecular complexity index is 1050. The van der Waals surface area contributed by atoms with E-state index < -0.39 is 24.6 Å². The Kier molecular flexibility index (Phi) is 6.70. The van der Waals surface area contributed by atoms with Crippen molar-refractivity contribution in [3.05, 3.63) is 66.1 Å². The zero-order chi connectivity index (χ0) is 21.8. The largest absolute Gasteiger partial charge is 0.550 e. The molecule has 0 aliphatic heterocycles. The zero-order valence-corrected chi connectivity index (χ0v) is 17.0. The number of para-hydroxylation sites is 1. The predicted octanol–water partition coefficient (Wildman–Crippen LogP) is 3.29. The van der Waals surface area contributed by atoms with Crippen LogP contribution in [-0.2, 0) is 4.79 Å². The van der Waals surface area contributed by atoms with Gasteiger partial charge in [0.2, 0.25) is 0 Å². The maximum absolute atomic E-state index is 13.5. The predicted molar refractivity (Wildman–Crippen MR) is 113 cm³/mol. The summed E-state index contributed by atoms with van der Waals surface area (Å²) in [6.07, 6.45) is 0.450. The van der Waals surface area contributed by atoms with Gasteiger partial charge in [0.15, 0.2) is 0 Å². The summed E-state index contributed by atoms with van der Waals surface area (Å²) >= 11 is 0. The van der Waals surface area contributed by atoms with Crippen LogP contribution in [0.2, 0.25) is 0 Å². The Labute approximate surface area is 174 Å². The molecule has 2 N–H and O–H groups in total. The molecule has 0 spiro atoms. The lowest BCUT2D eigenvalue weighted by Crippen LogP contribution is -2.29. The summed E-state index contributed by atoms with van der Waals surface area (Å²) in [5.74, 6) is -1.68. The van der Waals surface area contributed by atoms with E-state index in [9.17, 15) is 24.5 Å². The molecule has 30 heavy (non-hydrogen) atoms. The Morgan fingerprint density at radius 2 is 1.80 bits per heavy atom. The lowest BCUT2D eigenvalue weighted by molar-refractivity contribution is -0.307. The quantitative estimate of drug-likeness (QED) is 0.597. The molecule has 0 unspecified atom stereocenters. The van der Waals surface area contributed by atoms with Gasteiger partial charge in [0, 0.05) is 47.0 Å². The molecule has 5 nitrogen and oxygen atoms in total. The van der Waals surface area contributed by atoms with Gasteiger partial charge < -0.3 is 24.7 Å². The van der Waals surface area contributed by atoms with Crippen LogP contribution in [0.15, 0.2) is 54.6 Å². The second kappa shape index (κ2) is 9.24. The molecule has 0 aliphatic carbocycles. The van der Waals surface area contributed by atoms with Crippen LogP contribution in [0.5, 0.6) is 0 Å². The lowest BCUT2D eigenvalue weighted by Gasteiger charge is -2.15. The second-order valence-electron chi connectivity index (χ2n) is 7.64. The molecule has 0 saturated carbocycles. The molecule has 0 bridgehead atoms. The molecule has 0 fully saturated rings. The highest BCUT2D eigenvalue weighted by Crippen LogP contribution is 2.38.